The van der Waals surface area contributed by atoms with Crippen LogP contribution in [0.25, 0.3) is 10.9 Å². The van der Waals surface area contributed by atoms with E-state index in [4.69, 9.17) is 9.72 Å². The topological polar surface area (TPSA) is 59.5 Å². The number of Topliss-reactive ketones (excluding diaryl/α,β-unsaturated/α-hetero) is 1. The average Bonchev–Trinajstić information content (AvgIpc) is 2.76. The van der Waals surface area contributed by atoms with Gasteiger partial charge in [0.2, 0.25) is 0 Å². The Labute approximate surface area is 184 Å². The summed E-state index contributed by atoms with van der Waals surface area (Å²) in [6.45, 7) is 4.44. The van der Waals surface area contributed by atoms with Gasteiger partial charge in [-0.15, -0.1) is 0 Å². The molecule has 0 spiro atoms. The van der Waals surface area contributed by atoms with Crippen molar-refractivity contribution < 1.29 is 14.3 Å². The van der Waals surface area contributed by atoms with E-state index in [-0.39, 0.29) is 12.4 Å². The van der Waals surface area contributed by atoms with Crippen LogP contribution in [-0.4, -0.2) is 41.3 Å². The molecule has 0 unspecified atom stereocenters. The van der Waals surface area contributed by atoms with Crippen LogP contribution in [-0.2, 0) is 17.7 Å². The number of fused-ring (bicyclic) bond motifs is 2. The Balaban J connectivity index is 1.63. The van der Waals surface area contributed by atoms with E-state index in [9.17, 15) is 9.59 Å². The van der Waals surface area contributed by atoms with Crippen molar-refractivity contribution in [3.63, 3.8) is 0 Å². The molecule has 3 aromatic rings. The van der Waals surface area contributed by atoms with E-state index >= 15 is 0 Å². The van der Waals surface area contributed by atoms with Gasteiger partial charge in [0.1, 0.15) is 0 Å². The highest BCUT2D eigenvalue weighted by molar-refractivity contribution is 9.10. The number of rotatable bonds is 6. The Morgan fingerprint density at radius 1 is 1.13 bits per heavy atom. The first-order valence-corrected chi connectivity index (χ1v) is 10.9. The normalized spacial score (nSPS) is 13.8. The standard InChI is InChI=1S/C24H23BrN2O3/c1-2-12-27-13-11-21-19(14-27)23(18-5-3-4-6-20(18)26-21)24(29)30-15-22(28)16-7-9-17(25)10-8-16/h3-10H,2,11-15H2,1H3. The molecule has 154 valence electrons. The quantitative estimate of drug-likeness (QED) is 0.385. The summed E-state index contributed by atoms with van der Waals surface area (Å²) in [4.78, 5) is 32.8. The van der Waals surface area contributed by atoms with Gasteiger partial charge in [0.25, 0.3) is 0 Å². The van der Waals surface area contributed by atoms with Crippen molar-refractivity contribution in [2.24, 2.45) is 0 Å². The van der Waals surface area contributed by atoms with Crippen LogP contribution in [0.2, 0.25) is 0 Å². The molecule has 2 aromatic carbocycles. The summed E-state index contributed by atoms with van der Waals surface area (Å²) in [6, 6.07) is 14.6. The lowest BCUT2D eigenvalue weighted by molar-refractivity contribution is 0.0474. The van der Waals surface area contributed by atoms with E-state index in [1.54, 1.807) is 24.3 Å². The minimum Gasteiger partial charge on any atom is -0.454 e. The molecule has 1 aromatic heterocycles. The van der Waals surface area contributed by atoms with Crippen molar-refractivity contribution in [1.82, 2.24) is 9.88 Å². The number of pyridine rings is 1. The zero-order valence-corrected chi connectivity index (χ0v) is 18.4. The maximum Gasteiger partial charge on any atom is 0.339 e. The summed E-state index contributed by atoms with van der Waals surface area (Å²) < 4.78 is 6.39. The van der Waals surface area contributed by atoms with E-state index < -0.39 is 5.97 Å². The second kappa shape index (κ2) is 9.06. The van der Waals surface area contributed by atoms with E-state index in [2.05, 4.69) is 27.8 Å². The molecule has 2 heterocycles. The number of carbonyl (C=O) groups is 2. The van der Waals surface area contributed by atoms with E-state index in [1.165, 1.54) is 0 Å². The number of hydrogen-bond acceptors (Lipinski definition) is 5. The molecule has 0 atom stereocenters. The predicted octanol–water partition coefficient (Wildman–Crippen LogP) is 4.81. The third-order valence-corrected chi connectivity index (χ3v) is 5.90. The van der Waals surface area contributed by atoms with Crippen molar-refractivity contribution in [2.45, 2.75) is 26.3 Å². The number of hydrogen-bond donors (Lipinski definition) is 0. The fraction of sp³-hybridized carbons (Fsp3) is 0.292. The maximum atomic E-state index is 13.2. The van der Waals surface area contributed by atoms with Gasteiger partial charge < -0.3 is 4.74 Å². The fourth-order valence-corrected chi connectivity index (χ4v) is 4.17. The number of nitrogens with zero attached hydrogens (tertiary/aromatic N) is 2. The van der Waals surface area contributed by atoms with Crippen molar-refractivity contribution in [3.8, 4) is 0 Å². The first-order chi connectivity index (χ1) is 14.6. The summed E-state index contributed by atoms with van der Waals surface area (Å²) in [6.07, 6.45) is 1.86. The second-order valence-corrected chi connectivity index (χ2v) is 8.38. The number of carbonyl (C=O) groups excluding carboxylic acids is 2. The summed E-state index contributed by atoms with van der Waals surface area (Å²) in [7, 11) is 0. The van der Waals surface area contributed by atoms with Crippen LogP contribution in [0.4, 0.5) is 0 Å². The SMILES string of the molecule is CCCN1CCc2nc3ccccc3c(C(=O)OCC(=O)c3ccc(Br)cc3)c2C1. The minimum atomic E-state index is -0.464. The van der Waals surface area contributed by atoms with Gasteiger partial charge in [-0.05, 0) is 31.2 Å². The average molecular weight is 467 g/mol. The highest BCUT2D eigenvalue weighted by atomic mass is 79.9. The molecular formula is C24H23BrN2O3. The molecule has 0 radical (unpaired) electrons. The van der Waals surface area contributed by atoms with Crippen LogP contribution in [0.3, 0.4) is 0 Å². The number of ketones is 1. The smallest absolute Gasteiger partial charge is 0.339 e. The lowest BCUT2D eigenvalue weighted by Crippen LogP contribution is -2.33. The van der Waals surface area contributed by atoms with Crippen LogP contribution in [0, 0.1) is 0 Å². The Bertz CT molecular complexity index is 1100. The van der Waals surface area contributed by atoms with Gasteiger partial charge in [-0.1, -0.05) is 53.2 Å². The summed E-state index contributed by atoms with van der Waals surface area (Å²) in [5, 5.41) is 0.774. The Morgan fingerprint density at radius 3 is 2.67 bits per heavy atom. The summed E-state index contributed by atoms with van der Waals surface area (Å²) >= 11 is 3.35. The second-order valence-electron chi connectivity index (χ2n) is 7.46. The Morgan fingerprint density at radius 2 is 1.90 bits per heavy atom. The highest BCUT2D eigenvalue weighted by Gasteiger charge is 2.26. The lowest BCUT2D eigenvalue weighted by Gasteiger charge is -2.29. The molecule has 1 aliphatic heterocycles. The maximum absolute atomic E-state index is 13.2. The zero-order valence-electron chi connectivity index (χ0n) is 16.9. The van der Waals surface area contributed by atoms with Crippen molar-refractivity contribution in [1.29, 1.82) is 0 Å². The van der Waals surface area contributed by atoms with Crippen LogP contribution >= 0.6 is 15.9 Å². The number of para-hydroxylation sites is 1. The number of ether oxygens (including phenoxy) is 1. The van der Waals surface area contributed by atoms with E-state index in [0.29, 0.717) is 17.7 Å². The van der Waals surface area contributed by atoms with Gasteiger partial charge in [-0.25, -0.2) is 4.79 Å². The number of benzene rings is 2. The first kappa shape index (κ1) is 20.7. The largest absolute Gasteiger partial charge is 0.454 e. The molecule has 0 N–H and O–H groups in total. The molecule has 0 aliphatic carbocycles. The number of esters is 1. The van der Waals surface area contributed by atoms with Gasteiger partial charge in [0.15, 0.2) is 12.4 Å². The van der Waals surface area contributed by atoms with Crippen LogP contribution in [0.15, 0.2) is 53.0 Å². The third kappa shape index (κ3) is 4.30. The van der Waals surface area contributed by atoms with Crippen LogP contribution in [0.5, 0.6) is 0 Å². The van der Waals surface area contributed by atoms with Crippen LogP contribution in [0.1, 0.15) is 45.3 Å². The molecule has 6 heteroatoms. The van der Waals surface area contributed by atoms with Crippen molar-refractivity contribution in [3.05, 3.63) is 75.4 Å². The first-order valence-electron chi connectivity index (χ1n) is 10.2. The highest BCUT2D eigenvalue weighted by Crippen LogP contribution is 2.29. The minimum absolute atomic E-state index is 0.226. The molecular weight excluding hydrogens is 444 g/mol. The Hall–Kier alpha value is -2.57. The monoisotopic (exact) mass is 466 g/mol. The summed E-state index contributed by atoms with van der Waals surface area (Å²) in [5.74, 6) is -0.690. The van der Waals surface area contributed by atoms with Crippen molar-refractivity contribution in [2.75, 3.05) is 19.7 Å². The molecule has 0 amide bonds. The van der Waals surface area contributed by atoms with Gasteiger partial charge in [-0.3, -0.25) is 14.7 Å². The molecule has 0 saturated carbocycles. The molecule has 1 aliphatic rings. The van der Waals surface area contributed by atoms with E-state index in [0.717, 1.165) is 52.6 Å². The molecule has 4 rings (SSSR count). The van der Waals surface area contributed by atoms with Gasteiger partial charge in [-0.2, -0.15) is 0 Å². The number of aromatic nitrogens is 1. The van der Waals surface area contributed by atoms with Crippen LogP contribution < -0.4 is 0 Å². The third-order valence-electron chi connectivity index (χ3n) is 5.37. The van der Waals surface area contributed by atoms with Gasteiger partial charge in [0.05, 0.1) is 11.1 Å². The molecule has 5 nitrogen and oxygen atoms in total. The fourth-order valence-electron chi connectivity index (χ4n) is 3.91. The van der Waals surface area contributed by atoms with Gasteiger partial charge >= 0.3 is 5.97 Å². The van der Waals surface area contributed by atoms with Gasteiger partial charge in [0, 0.05) is 46.2 Å². The predicted molar refractivity (Wildman–Crippen MR) is 120 cm³/mol. The zero-order chi connectivity index (χ0) is 21.1. The molecule has 0 bridgehead atoms. The number of halogens is 1. The van der Waals surface area contributed by atoms with E-state index in [1.807, 2.05) is 24.3 Å². The Kier molecular flexibility index (Phi) is 6.25. The lowest BCUT2D eigenvalue weighted by atomic mass is 9.95. The van der Waals surface area contributed by atoms with Crippen molar-refractivity contribution >= 4 is 38.6 Å². The molecule has 0 fully saturated rings. The molecule has 30 heavy (non-hydrogen) atoms. The summed E-state index contributed by atoms with van der Waals surface area (Å²) in [5.41, 5.74) is 3.72. The molecule has 0 saturated heterocycles.